The Hall–Kier alpha value is -2.17. The second-order valence-corrected chi connectivity index (χ2v) is 7.57. The van der Waals surface area contributed by atoms with Crippen LogP contribution >= 0.6 is 11.6 Å². The van der Waals surface area contributed by atoms with Crippen molar-refractivity contribution in [2.45, 2.75) is 39.7 Å². The van der Waals surface area contributed by atoms with Gasteiger partial charge in [-0.3, -0.25) is 0 Å². The van der Waals surface area contributed by atoms with Crippen molar-refractivity contribution in [1.82, 2.24) is 14.9 Å². The highest BCUT2D eigenvalue weighted by Gasteiger charge is 2.12. The number of rotatable bonds is 9. The summed E-state index contributed by atoms with van der Waals surface area (Å²) >= 11 is 6.22. The minimum absolute atomic E-state index is 0.327. The zero-order valence-corrected chi connectivity index (χ0v) is 17.7. The fourth-order valence-electron chi connectivity index (χ4n) is 3.40. The van der Waals surface area contributed by atoms with Gasteiger partial charge in [0.05, 0.1) is 5.52 Å². The molecule has 0 radical (unpaired) electrons. The molecular formula is C23H29ClN4. The van der Waals surface area contributed by atoms with Crippen molar-refractivity contribution in [3.8, 4) is 11.4 Å². The van der Waals surface area contributed by atoms with Crippen molar-refractivity contribution >= 4 is 28.3 Å². The molecule has 3 rings (SSSR count). The first-order valence-corrected chi connectivity index (χ1v) is 10.5. The molecule has 3 aromatic rings. The van der Waals surface area contributed by atoms with Gasteiger partial charge in [-0.15, -0.1) is 0 Å². The number of halogens is 1. The van der Waals surface area contributed by atoms with Gasteiger partial charge in [-0.25, -0.2) is 9.97 Å². The van der Waals surface area contributed by atoms with Crippen LogP contribution in [0.2, 0.25) is 5.02 Å². The van der Waals surface area contributed by atoms with Gasteiger partial charge in [-0.2, -0.15) is 0 Å². The summed E-state index contributed by atoms with van der Waals surface area (Å²) in [6.45, 7) is 10.00. The van der Waals surface area contributed by atoms with Crippen molar-refractivity contribution in [1.29, 1.82) is 0 Å². The Labute approximate surface area is 173 Å². The summed E-state index contributed by atoms with van der Waals surface area (Å²) in [6, 6.07) is 16.2. The molecule has 0 aliphatic rings. The number of anilines is 1. The summed E-state index contributed by atoms with van der Waals surface area (Å²) in [4.78, 5) is 12.0. The molecule has 0 saturated carbocycles. The van der Waals surface area contributed by atoms with E-state index in [2.05, 4.69) is 31.0 Å². The van der Waals surface area contributed by atoms with Crippen molar-refractivity contribution in [2.75, 3.05) is 25.0 Å². The van der Waals surface area contributed by atoms with Crippen LogP contribution in [0.15, 0.2) is 48.5 Å². The Kier molecular flexibility index (Phi) is 7.24. The lowest BCUT2D eigenvalue weighted by atomic mass is 10.1. The quantitative estimate of drug-likeness (QED) is 0.490. The lowest BCUT2D eigenvalue weighted by Crippen LogP contribution is -2.25. The van der Waals surface area contributed by atoms with Crippen molar-refractivity contribution in [3.63, 3.8) is 0 Å². The third kappa shape index (κ3) is 5.21. The number of nitrogens with zero attached hydrogens (tertiary/aromatic N) is 3. The van der Waals surface area contributed by atoms with E-state index in [9.17, 15) is 0 Å². The largest absolute Gasteiger partial charge is 0.367 e. The number of benzene rings is 2. The van der Waals surface area contributed by atoms with Gasteiger partial charge in [0.1, 0.15) is 5.82 Å². The van der Waals surface area contributed by atoms with Crippen LogP contribution in [0.3, 0.4) is 0 Å². The summed E-state index contributed by atoms with van der Waals surface area (Å²) in [6.07, 6.45) is 2.26. The van der Waals surface area contributed by atoms with Crippen LogP contribution in [-0.4, -0.2) is 40.5 Å². The highest BCUT2D eigenvalue weighted by molar-refractivity contribution is 6.31. The first-order chi connectivity index (χ1) is 13.6. The van der Waals surface area contributed by atoms with E-state index in [1.807, 2.05) is 48.5 Å². The van der Waals surface area contributed by atoms with Gasteiger partial charge in [-0.1, -0.05) is 55.8 Å². The van der Waals surface area contributed by atoms with Gasteiger partial charge in [0.15, 0.2) is 5.82 Å². The zero-order chi connectivity index (χ0) is 19.9. The number of fused-ring (bicyclic) bond motifs is 1. The Bertz CT molecular complexity index is 894. The topological polar surface area (TPSA) is 41.0 Å². The van der Waals surface area contributed by atoms with E-state index in [1.165, 1.54) is 0 Å². The molecule has 0 aliphatic heterocycles. The van der Waals surface area contributed by atoms with Crippen molar-refractivity contribution < 1.29 is 0 Å². The summed E-state index contributed by atoms with van der Waals surface area (Å²) in [7, 11) is 0. The Morgan fingerprint density at radius 3 is 2.50 bits per heavy atom. The second kappa shape index (κ2) is 9.85. The summed E-state index contributed by atoms with van der Waals surface area (Å²) < 4.78 is 0. The molecule has 1 aromatic heterocycles. The molecule has 0 saturated heterocycles. The average Bonchev–Trinajstić information content (AvgIpc) is 2.71. The molecule has 1 unspecified atom stereocenters. The summed E-state index contributed by atoms with van der Waals surface area (Å²) in [5.41, 5.74) is 1.86. The maximum atomic E-state index is 6.22. The number of nitrogens with one attached hydrogen (secondary N) is 1. The molecule has 28 heavy (non-hydrogen) atoms. The molecule has 5 heteroatoms. The average molecular weight is 397 g/mol. The number of hydrogen-bond acceptors (Lipinski definition) is 4. The van der Waals surface area contributed by atoms with Crippen LogP contribution in [0, 0.1) is 0 Å². The van der Waals surface area contributed by atoms with Crippen LogP contribution < -0.4 is 5.32 Å². The molecule has 0 fully saturated rings. The van der Waals surface area contributed by atoms with Crippen molar-refractivity contribution in [2.24, 2.45) is 0 Å². The third-order valence-electron chi connectivity index (χ3n) is 5.08. The smallest absolute Gasteiger partial charge is 0.162 e. The maximum Gasteiger partial charge on any atom is 0.162 e. The van der Waals surface area contributed by atoms with E-state index in [-0.39, 0.29) is 0 Å². The Morgan fingerprint density at radius 1 is 1.04 bits per heavy atom. The lowest BCUT2D eigenvalue weighted by Gasteiger charge is -2.20. The number of aromatic nitrogens is 2. The highest BCUT2D eigenvalue weighted by Crippen LogP contribution is 2.27. The molecule has 0 aliphatic carbocycles. The van der Waals surface area contributed by atoms with Crippen LogP contribution in [0.25, 0.3) is 22.3 Å². The minimum atomic E-state index is 0.327. The molecule has 4 nitrogen and oxygen atoms in total. The predicted molar refractivity (Wildman–Crippen MR) is 120 cm³/mol. The highest BCUT2D eigenvalue weighted by atomic mass is 35.5. The van der Waals surface area contributed by atoms with E-state index in [0.717, 1.165) is 54.8 Å². The van der Waals surface area contributed by atoms with Crippen LogP contribution in [-0.2, 0) is 0 Å². The molecule has 0 amide bonds. The van der Waals surface area contributed by atoms with Gasteiger partial charge in [0.2, 0.25) is 0 Å². The van der Waals surface area contributed by atoms with Crippen LogP contribution in [0.1, 0.15) is 33.6 Å². The van der Waals surface area contributed by atoms with E-state index in [4.69, 9.17) is 21.6 Å². The molecule has 148 valence electrons. The molecule has 0 bridgehead atoms. The van der Waals surface area contributed by atoms with E-state index < -0.39 is 0 Å². The van der Waals surface area contributed by atoms with E-state index in [0.29, 0.717) is 16.9 Å². The number of hydrogen-bond donors (Lipinski definition) is 1. The SMILES string of the molecule is CCN(CC)CCCC(C)Nc1nc(-c2ccccc2)nc2cc(Cl)ccc12. The zero-order valence-electron chi connectivity index (χ0n) is 17.0. The fraction of sp³-hybridized carbons (Fsp3) is 0.391. The van der Waals surface area contributed by atoms with E-state index in [1.54, 1.807) is 0 Å². The van der Waals surface area contributed by atoms with Crippen molar-refractivity contribution in [3.05, 3.63) is 53.6 Å². The second-order valence-electron chi connectivity index (χ2n) is 7.14. The normalized spacial score (nSPS) is 12.5. The summed E-state index contributed by atoms with van der Waals surface area (Å²) in [5.74, 6) is 1.59. The molecule has 0 spiro atoms. The first-order valence-electron chi connectivity index (χ1n) is 10.1. The van der Waals surface area contributed by atoms with Crippen LogP contribution in [0.4, 0.5) is 5.82 Å². The predicted octanol–water partition coefficient (Wildman–Crippen LogP) is 5.87. The lowest BCUT2D eigenvalue weighted by molar-refractivity contribution is 0.295. The maximum absolute atomic E-state index is 6.22. The minimum Gasteiger partial charge on any atom is -0.367 e. The van der Waals surface area contributed by atoms with Gasteiger partial charge >= 0.3 is 0 Å². The molecular weight excluding hydrogens is 368 g/mol. The Balaban J connectivity index is 1.83. The standard InChI is InChI=1S/C23H29ClN4/c1-4-28(5-2)15-9-10-17(3)25-23-20-14-13-19(24)16-21(20)26-22(27-23)18-11-7-6-8-12-18/h6-8,11-14,16-17H,4-5,9-10,15H2,1-3H3,(H,25,26,27). The fourth-order valence-corrected chi connectivity index (χ4v) is 3.56. The first kappa shape index (κ1) is 20.6. The Morgan fingerprint density at radius 2 is 1.79 bits per heavy atom. The third-order valence-corrected chi connectivity index (χ3v) is 5.32. The van der Waals surface area contributed by atoms with Gasteiger partial charge in [0, 0.05) is 22.0 Å². The van der Waals surface area contributed by atoms with Gasteiger partial charge in [-0.05, 0) is 57.6 Å². The molecule has 1 atom stereocenters. The monoisotopic (exact) mass is 396 g/mol. The van der Waals surface area contributed by atoms with Gasteiger partial charge in [0.25, 0.3) is 0 Å². The summed E-state index contributed by atoms with van der Waals surface area (Å²) in [5, 5.41) is 5.29. The molecule has 2 aromatic carbocycles. The molecule has 1 N–H and O–H groups in total. The van der Waals surface area contributed by atoms with E-state index >= 15 is 0 Å². The molecule has 1 heterocycles. The van der Waals surface area contributed by atoms with Gasteiger partial charge < -0.3 is 10.2 Å². The van der Waals surface area contributed by atoms with Crippen LogP contribution in [0.5, 0.6) is 0 Å².